The maximum Gasteiger partial charge on any atom is 0.126 e. The van der Waals surface area contributed by atoms with Gasteiger partial charge >= 0.3 is 0 Å². The van der Waals surface area contributed by atoms with Crippen molar-refractivity contribution in [2.45, 2.75) is 51.9 Å². The summed E-state index contributed by atoms with van der Waals surface area (Å²) in [7, 11) is 0. The van der Waals surface area contributed by atoms with Gasteiger partial charge in [-0.2, -0.15) is 0 Å². The number of benzene rings is 4. The summed E-state index contributed by atoms with van der Waals surface area (Å²) in [6.45, 7) is 10.3. The van der Waals surface area contributed by atoms with Crippen LogP contribution in [0.1, 0.15) is 63.0 Å². The van der Waals surface area contributed by atoms with Crippen molar-refractivity contribution in [1.29, 1.82) is 0 Å². The average molecular weight is 657 g/mol. The summed E-state index contributed by atoms with van der Waals surface area (Å²) in [6, 6.07) is 32.1. The molecule has 4 aromatic rings. The van der Waals surface area contributed by atoms with E-state index in [0.29, 0.717) is 11.5 Å². The minimum absolute atomic E-state index is 0. The van der Waals surface area contributed by atoms with Crippen LogP contribution in [0, 0.1) is 7.43 Å². The Kier molecular flexibility index (Phi) is 15.4. The Morgan fingerprint density at radius 1 is 0.587 bits per heavy atom. The first kappa shape index (κ1) is 37.4. The zero-order valence-corrected chi connectivity index (χ0v) is 29.0. The number of phenols is 2. The smallest absolute Gasteiger partial charge is 0.126 e. The second-order valence-corrected chi connectivity index (χ2v) is 11.6. The fourth-order valence-electron chi connectivity index (χ4n) is 6.32. The quantitative estimate of drug-likeness (QED) is 0.185. The van der Waals surface area contributed by atoms with E-state index in [0.717, 1.165) is 98.3 Å². The van der Waals surface area contributed by atoms with Gasteiger partial charge in [0.1, 0.15) is 11.5 Å². The summed E-state index contributed by atoms with van der Waals surface area (Å²) in [5.41, 5.74) is 5.70. The van der Waals surface area contributed by atoms with E-state index < -0.39 is 0 Å². The van der Waals surface area contributed by atoms with E-state index in [9.17, 15) is 10.2 Å². The van der Waals surface area contributed by atoms with Gasteiger partial charge in [-0.05, 0) is 61.3 Å². The van der Waals surface area contributed by atoms with E-state index in [4.69, 9.17) is 10.6 Å². The fourth-order valence-corrected chi connectivity index (χ4v) is 6.32. The predicted molar refractivity (Wildman–Crippen MR) is 188 cm³/mol. The second kappa shape index (κ2) is 18.9. The Morgan fingerprint density at radius 2 is 0.978 bits per heavy atom. The van der Waals surface area contributed by atoms with Crippen molar-refractivity contribution in [2.75, 3.05) is 39.3 Å². The molecule has 2 aliphatic rings. The molecule has 0 saturated carbocycles. The van der Waals surface area contributed by atoms with Crippen LogP contribution in [0.4, 0.5) is 0 Å². The van der Waals surface area contributed by atoms with Gasteiger partial charge in [-0.25, -0.2) is 0 Å². The Hall–Kier alpha value is -3.10. The molecule has 2 atom stereocenters. The molecule has 2 heterocycles. The molecular formula is C39H49N4O2V-3. The zero-order valence-electron chi connectivity index (χ0n) is 27.6. The van der Waals surface area contributed by atoms with Crippen molar-refractivity contribution < 1.29 is 28.8 Å². The van der Waals surface area contributed by atoms with Crippen molar-refractivity contribution in [3.05, 3.63) is 126 Å². The number of para-hydroxylation sites is 2. The Labute approximate surface area is 288 Å². The molecule has 0 spiro atoms. The number of aromatic hydroxyl groups is 2. The van der Waals surface area contributed by atoms with E-state index >= 15 is 0 Å². The Balaban J connectivity index is 0.000000240. The SMILES string of the molecule is CCCN1CCC[N-]C1c1cccc(-c2ccccc2)c1O.CCCN1CCC[N-]C1c1cccc(-c2ccccc2)c1O.[CH3-].[V]. The molecule has 2 aliphatic heterocycles. The summed E-state index contributed by atoms with van der Waals surface area (Å²) >= 11 is 0. The van der Waals surface area contributed by atoms with Crippen LogP contribution in [-0.2, 0) is 18.6 Å². The first-order chi connectivity index (χ1) is 21.6. The van der Waals surface area contributed by atoms with E-state index in [1.54, 1.807) is 0 Å². The van der Waals surface area contributed by atoms with Gasteiger partial charge < -0.3 is 38.1 Å². The molecule has 245 valence electrons. The first-order valence-electron chi connectivity index (χ1n) is 16.2. The Bertz CT molecular complexity index is 1340. The maximum atomic E-state index is 10.8. The molecule has 0 bridgehead atoms. The summed E-state index contributed by atoms with van der Waals surface area (Å²) in [4.78, 5) is 4.74. The van der Waals surface area contributed by atoms with E-state index in [1.165, 1.54) is 0 Å². The number of nitrogens with zero attached hydrogens (tertiary/aromatic N) is 4. The van der Waals surface area contributed by atoms with Gasteiger partial charge in [0.15, 0.2) is 0 Å². The van der Waals surface area contributed by atoms with Gasteiger partial charge in [0.05, 0.1) is 0 Å². The van der Waals surface area contributed by atoms with Gasteiger partial charge in [-0.1, -0.05) is 136 Å². The van der Waals surface area contributed by atoms with Crippen LogP contribution in [0.3, 0.4) is 0 Å². The molecule has 0 aliphatic carbocycles. The molecule has 46 heavy (non-hydrogen) atoms. The normalized spacial score (nSPS) is 18.4. The number of hydrogen-bond acceptors (Lipinski definition) is 4. The summed E-state index contributed by atoms with van der Waals surface area (Å²) in [6.07, 6.45) is 4.39. The van der Waals surface area contributed by atoms with Gasteiger partial charge in [-0.15, -0.1) is 13.1 Å². The van der Waals surface area contributed by atoms with Gasteiger partial charge in [-0.3, -0.25) is 0 Å². The van der Waals surface area contributed by atoms with Gasteiger partial charge in [0.25, 0.3) is 0 Å². The molecule has 6 rings (SSSR count). The molecule has 0 amide bonds. The number of hydrogen-bond donors (Lipinski definition) is 2. The molecule has 2 unspecified atom stereocenters. The molecular weight excluding hydrogens is 607 g/mol. The van der Waals surface area contributed by atoms with Crippen LogP contribution in [0.15, 0.2) is 97.1 Å². The van der Waals surface area contributed by atoms with Crippen LogP contribution < -0.4 is 0 Å². The van der Waals surface area contributed by atoms with Crippen LogP contribution >= 0.6 is 0 Å². The third kappa shape index (κ3) is 9.04. The summed E-state index contributed by atoms with van der Waals surface area (Å²) in [5, 5.41) is 31.1. The summed E-state index contributed by atoms with van der Waals surface area (Å²) < 4.78 is 0. The van der Waals surface area contributed by atoms with Crippen LogP contribution in [-0.4, -0.2) is 59.3 Å². The second-order valence-electron chi connectivity index (χ2n) is 11.6. The van der Waals surface area contributed by atoms with Crippen LogP contribution in [0.2, 0.25) is 0 Å². The monoisotopic (exact) mass is 656 g/mol. The van der Waals surface area contributed by atoms with E-state index in [2.05, 4.69) is 23.6 Å². The van der Waals surface area contributed by atoms with Crippen molar-refractivity contribution in [3.63, 3.8) is 0 Å². The molecule has 6 nitrogen and oxygen atoms in total. The first-order valence-corrected chi connectivity index (χ1v) is 16.2. The minimum atomic E-state index is -0.0163. The maximum absolute atomic E-state index is 10.8. The van der Waals surface area contributed by atoms with Crippen molar-refractivity contribution >= 4 is 0 Å². The fraction of sp³-hybridized carbons (Fsp3) is 0.359. The Morgan fingerprint density at radius 3 is 1.35 bits per heavy atom. The van der Waals surface area contributed by atoms with Gasteiger partial charge in [0.2, 0.25) is 0 Å². The topological polar surface area (TPSA) is 75.1 Å². The molecule has 4 aromatic carbocycles. The molecule has 2 saturated heterocycles. The molecule has 7 heteroatoms. The van der Waals surface area contributed by atoms with Crippen LogP contribution in [0.25, 0.3) is 32.9 Å². The molecule has 0 aromatic heterocycles. The zero-order chi connectivity index (χ0) is 30.7. The standard InChI is InChI=1S/2C19H23N2O.CH3.V/c2*1-2-13-21-14-7-12-20-19(21)17-11-6-10-16(18(17)22)15-8-4-3-5-9-15;;/h2*3-6,8-11,19,22H,2,7,12-14H2,1H3;1H3;/q3*-1;. The van der Waals surface area contributed by atoms with Crippen LogP contribution in [0.5, 0.6) is 11.5 Å². The number of rotatable bonds is 8. The summed E-state index contributed by atoms with van der Waals surface area (Å²) in [5.74, 6) is 0.732. The molecule has 2 N–H and O–H groups in total. The molecule has 2 fully saturated rings. The van der Waals surface area contributed by atoms with Gasteiger partial charge in [0, 0.05) is 29.7 Å². The predicted octanol–water partition coefficient (Wildman–Crippen LogP) is 9.54. The largest absolute Gasteiger partial charge is 0.643 e. The molecule has 1 radical (unpaired) electrons. The number of phenolic OH excluding ortho intramolecular Hbond substituents is 2. The van der Waals surface area contributed by atoms with Crippen molar-refractivity contribution in [1.82, 2.24) is 9.80 Å². The van der Waals surface area contributed by atoms with E-state index in [-0.39, 0.29) is 38.3 Å². The average Bonchev–Trinajstić information content (AvgIpc) is 3.07. The van der Waals surface area contributed by atoms with E-state index in [1.807, 2.05) is 97.1 Å². The van der Waals surface area contributed by atoms with Crippen molar-refractivity contribution in [2.24, 2.45) is 0 Å². The minimum Gasteiger partial charge on any atom is -0.643 e. The third-order valence-electron chi connectivity index (χ3n) is 8.38. The third-order valence-corrected chi connectivity index (χ3v) is 8.38. The van der Waals surface area contributed by atoms with Crippen molar-refractivity contribution in [3.8, 4) is 33.8 Å².